The first-order chi connectivity index (χ1) is 9.16. The topological polar surface area (TPSA) is 12.0 Å². The number of benzene rings is 2. The Morgan fingerprint density at radius 3 is 2.79 bits per heavy atom. The van der Waals surface area contributed by atoms with E-state index in [9.17, 15) is 8.78 Å². The molecule has 0 saturated carbocycles. The summed E-state index contributed by atoms with van der Waals surface area (Å²) in [5.74, 6) is -0.329. The summed E-state index contributed by atoms with van der Waals surface area (Å²) in [5.41, 5.74) is 3.87. The number of nitrogens with one attached hydrogen (secondary N) is 1. The molecule has 1 atom stereocenters. The second-order valence-electron chi connectivity index (χ2n) is 4.92. The van der Waals surface area contributed by atoms with Gasteiger partial charge in [-0.25, -0.2) is 8.78 Å². The average Bonchev–Trinajstić information content (AvgIpc) is 2.86. The van der Waals surface area contributed by atoms with Crippen LogP contribution in [0.1, 0.15) is 28.4 Å². The van der Waals surface area contributed by atoms with Gasteiger partial charge in [0.15, 0.2) is 6.17 Å². The van der Waals surface area contributed by atoms with Gasteiger partial charge in [0.1, 0.15) is 5.82 Å². The molecule has 0 aliphatic carbocycles. The molecule has 0 spiro atoms. The minimum Gasteiger partial charge on any atom is -0.384 e. The monoisotopic (exact) mass is 259 g/mol. The van der Waals surface area contributed by atoms with Gasteiger partial charge in [0.25, 0.3) is 0 Å². The van der Waals surface area contributed by atoms with Gasteiger partial charge in [0.05, 0.1) is 0 Å². The quantitative estimate of drug-likeness (QED) is 0.853. The van der Waals surface area contributed by atoms with E-state index in [1.165, 1.54) is 18.2 Å². The molecule has 0 aromatic heterocycles. The minimum atomic E-state index is -1.22. The third-order valence-electron chi connectivity index (χ3n) is 3.66. The molecule has 1 unspecified atom stereocenters. The molecule has 0 saturated heterocycles. The van der Waals surface area contributed by atoms with E-state index in [2.05, 4.69) is 5.32 Å². The fourth-order valence-corrected chi connectivity index (χ4v) is 2.67. The van der Waals surface area contributed by atoms with Gasteiger partial charge in [-0.15, -0.1) is 0 Å². The Labute approximate surface area is 111 Å². The number of hydrogen-bond acceptors (Lipinski definition) is 1. The van der Waals surface area contributed by atoms with Gasteiger partial charge in [0, 0.05) is 17.8 Å². The molecule has 0 radical (unpaired) electrons. The van der Waals surface area contributed by atoms with Crippen LogP contribution in [0.15, 0.2) is 36.4 Å². The number of aryl methyl sites for hydroxylation is 1. The number of alkyl halides is 1. The van der Waals surface area contributed by atoms with E-state index in [-0.39, 0.29) is 5.82 Å². The lowest BCUT2D eigenvalue weighted by Crippen LogP contribution is -2.02. The van der Waals surface area contributed by atoms with Crippen molar-refractivity contribution in [2.24, 2.45) is 0 Å². The third-order valence-corrected chi connectivity index (χ3v) is 3.66. The van der Waals surface area contributed by atoms with E-state index in [0.29, 0.717) is 16.7 Å². The fraction of sp³-hybridized carbons (Fsp3) is 0.250. The van der Waals surface area contributed by atoms with Crippen LogP contribution in [-0.4, -0.2) is 6.54 Å². The number of anilines is 1. The van der Waals surface area contributed by atoms with E-state index >= 15 is 0 Å². The summed E-state index contributed by atoms with van der Waals surface area (Å²) in [4.78, 5) is 0. The highest BCUT2D eigenvalue weighted by Gasteiger charge is 2.22. The normalized spacial score (nSPS) is 14.9. The minimum absolute atomic E-state index is 0.329. The predicted molar refractivity (Wildman–Crippen MR) is 72.7 cm³/mol. The van der Waals surface area contributed by atoms with Gasteiger partial charge in [-0.05, 0) is 42.2 Å². The molecule has 1 nitrogen and oxygen atoms in total. The molecular weight excluding hydrogens is 244 g/mol. The summed E-state index contributed by atoms with van der Waals surface area (Å²) in [6.45, 7) is 2.59. The molecule has 0 fully saturated rings. The van der Waals surface area contributed by atoms with Crippen molar-refractivity contribution < 1.29 is 8.78 Å². The number of fused-ring (bicyclic) bond motifs is 1. The second kappa shape index (κ2) is 4.65. The molecule has 1 aliphatic heterocycles. The van der Waals surface area contributed by atoms with Crippen LogP contribution < -0.4 is 5.32 Å². The summed E-state index contributed by atoms with van der Waals surface area (Å²) in [5, 5.41) is 3.24. The van der Waals surface area contributed by atoms with Gasteiger partial charge < -0.3 is 5.32 Å². The number of hydrogen-bond donors (Lipinski definition) is 1. The number of para-hydroxylation sites is 1. The molecule has 3 heteroatoms. The highest BCUT2D eigenvalue weighted by molar-refractivity contribution is 5.63. The van der Waals surface area contributed by atoms with Gasteiger partial charge in [0.2, 0.25) is 0 Å². The standard InChI is InChI=1S/C16H15F2N/c1-10-9-12(17)5-6-13(10)15(18)14-4-2-3-11-7-8-19-16(11)14/h2-6,9,15,19H,7-8H2,1H3. The Morgan fingerprint density at radius 2 is 2.00 bits per heavy atom. The lowest BCUT2D eigenvalue weighted by molar-refractivity contribution is 0.401. The lowest BCUT2D eigenvalue weighted by Gasteiger charge is -2.15. The van der Waals surface area contributed by atoms with E-state index in [1.807, 2.05) is 12.1 Å². The van der Waals surface area contributed by atoms with Gasteiger partial charge in [-0.1, -0.05) is 24.3 Å². The van der Waals surface area contributed by atoms with Crippen molar-refractivity contribution in [2.45, 2.75) is 19.5 Å². The summed E-state index contributed by atoms with van der Waals surface area (Å²) in [6, 6.07) is 9.91. The summed E-state index contributed by atoms with van der Waals surface area (Å²) in [6.07, 6.45) is -0.292. The SMILES string of the molecule is Cc1cc(F)ccc1C(F)c1cccc2c1NCC2. The van der Waals surface area contributed by atoms with Crippen molar-refractivity contribution in [1.82, 2.24) is 0 Å². The maximum absolute atomic E-state index is 14.8. The zero-order chi connectivity index (χ0) is 13.4. The highest BCUT2D eigenvalue weighted by Crippen LogP contribution is 2.37. The zero-order valence-electron chi connectivity index (χ0n) is 10.7. The van der Waals surface area contributed by atoms with Crippen LogP contribution in [-0.2, 0) is 6.42 Å². The highest BCUT2D eigenvalue weighted by atomic mass is 19.1. The first-order valence-corrected chi connectivity index (χ1v) is 6.42. The van der Waals surface area contributed by atoms with E-state index in [1.54, 1.807) is 13.0 Å². The van der Waals surface area contributed by atoms with Crippen LogP contribution >= 0.6 is 0 Å². The van der Waals surface area contributed by atoms with E-state index in [4.69, 9.17) is 0 Å². The molecule has 1 N–H and O–H groups in total. The van der Waals surface area contributed by atoms with Crippen molar-refractivity contribution in [2.75, 3.05) is 11.9 Å². The van der Waals surface area contributed by atoms with Gasteiger partial charge in [-0.3, -0.25) is 0 Å². The smallest absolute Gasteiger partial charge is 0.152 e. The van der Waals surface area contributed by atoms with Crippen molar-refractivity contribution in [3.8, 4) is 0 Å². The maximum Gasteiger partial charge on any atom is 0.152 e. The van der Waals surface area contributed by atoms with Crippen LogP contribution in [0, 0.1) is 12.7 Å². The van der Waals surface area contributed by atoms with Crippen molar-refractivity contribution in [1.29, 1.82) is 0 Å². The molecule has 1 heterocycles. The van der Waals surface area contributed by atoms with E-state index < -0.39 is 6.17 Å². The first kappa shape index (κ1) is 12.2. The molecule has 2 aromatic rings. The van der Waals surface area contributed by atoms with Crippen molar-refractivity contribution in [3.63, 3.8) is 0 Å². The average molecular weight is 259 g/mol. The van der Waals surface area contributed by atoms with Crippen molar-refractivity contribution in [3.05, 3.63) is 64.5 Å². The van der Waals surface area contributed by atoms with Gasteiger partial charge >= 0.3 is 0 Å². The van der Waals surface area contributed by atoms with Gasteiger partial charge in [-0.2, -0.15) is 0 Å². The Hall–Kier alpha value is -1.90. The number of halogens is 2. The molecule has 3 rings (SSSR count). The largest absolute Gasteiger partial charge is 0.384 e. The molecule has 0 amide bonds. The van der Waals surface area contributed by atoms with Crippen LogP contribution in [0.3, 0.4) is 0 Å². The summed E-state index contributed by atoms with van der Waals surface area (Å²) in [7, 11) is 0. The first-order valence-electron chi connectivity index (χ1n) is 6.42. The summed E-state index contributed by atoms with van der Waals surface area (Å²) < 4.78 is 27.9. The Balaban J connectivity index is 2.05. The van der Waals surface area contributed by atoms with Crippen LogP contribution in [0.25, 0.3) is 0 Å². The molecular formula is C16H15F2N. The predicted octanol–water partition coefficient (Wildman–Crippen LogP) is 4.16. The molecule has 2 aromatic carbocycles. The Bertz CT molecular complexity index is 622. The van der Waals surface area contributed by atoms with Crippen LogP contribution in [0.2, 0.25) is 0 Å². The zero-order valence-corrected chi connectivity index (χ0v) is 10.7. The molecule has 0 bridgehead atoms. The van der Waals surface area contributed by atoms with Crippen LogP contribution in [0.5, 0.6) is 0 Å². The van der Waals surface area contributed by atoms with Crippen LogP contribution in [0.4, 0.5) is 14.5 Å². The lowest BCUT2D eigenvalue weighted by atomic mass is 9.96. The Morgan fingerprint density at radius 1 is 1.16 bits per heavy atom. The number of rotatable bonds is 2. The maximum atomic E-state index is 14.8. The summed E-state index contributed by atoms with van der Waals surface area (Å²) >= 11 is 0. The van der Waals surface area contributed by atoms with Crippen molar-refractivity contribution >= 4 is 5.69 Å². The molecule has 98 valence electrons. The molecule has 1 aliphatic rings. The molecule has 19 heavy (non-hydrogen) atoms. The third kappa shape index (κ3) is 2.09. The second-order valence-corrected chi connectivity index (χ2v) is 4.92. The fourth-order valence-electron chi connectivity index (χ4n) is 2.67. The van der Waals surface area contributed by atoms with E-state index in [0.717, 1.165) is 24.2 Å². The Kier molecular flexibility index (Phi) is 2.97.